The number of nitrogens with one attached hydrogen (secondary N) is 1. The molecule has 2 aromatic carbocycles. The quantitative estimate of drug-likeness (QED) is 0.726. The van der Waals surface area contributed by atoms with Crippen molar-refractivity contribution in [1.82, 2.24) is 5.32 Å². The minimum atomic E-state index is -0.407. The Bertz CT molecular complexity index is 626. The second kappa shape index (κ2) is 9.33. The van der Waals surface area contributed by atoms with Gasteiger partial charge in [-0.3, -0.25) is 0 Å². The fraction of sp³-hybridized carbons (Fsp3) is 0.350. The highest BCUT2D eigenvalue weighted by Crippen LogP contribution is 2.19. The summed E-state index contributed by atoms with van der Waals surface area (Å²) in [5, 5.41) is 2.82. The summed E-state index contributed by atoms with van der Waals surface area (Å²) in [5.74, 6) is 0.660. The first-order valence-electron chi connectivity index (χ1n) is 8.22. The second-order valence-corrected chi connectivity index (χ2v) is 6.56. The van der Waals surface area contributed by atoms with Crippen molar-refractivity contribution in [2.24, 2.45) is 5.92 Å². The highest BCUT2D eigenvalue weighted by Gasteiger charge is 2.13. The van der Waals surface area contributed by atoms with Crippen LogP contribution in [0.15, 0.2) is 54.6 Å². The summed E-state index contributed by atoms with van der Waals surface area (Å²) in [6.45, 7) is 4.41. The van der Waals surface area contributed by atoms with Crippen LogP contribution in [-0.2, 0) is 11.2 Å². The number of ether oxygens (including phenoxy) is 1. The van der Waals surface area contributed by atoms with Crippen LogP contribution in [0.4, 0.5) is 4.79 Å². The van der Waals surface area contributed by atoms with Gasteiger partial charge in [0.05, 0.1) is 6.61 Å². The van der Waals surface area contributed by atoms with Crippen LogP contribution >= 0.6 is 11.6 Å². The zero-order chi connectivity index (χ0) is 17.4. The molecule has 3 nitrogen and oxygen atoms in total. The second-order valence-electron chi connectivity index (χ2n) is 6.25. The van der Waals surface area contributed by atoms with Gasteiger partial charge in [0.15, 0.2) is 0 Å². The van der Waals surface area contributed by atoms with Gasteiger partial charge in [-0.25, -0.2) is 4.79 Å². The lowest BCUT2D eigenvalue weighted by molar-refractivity contribution is 0.130. The van der Waals surface area contributed by atoms with Crippen LogP contribution in [0.2, 0.25) is 0 Å². The first-order chi connectivity index (χ1) is 11.6. The molecule has 0 saturated heterocycles. The van der Waals surface area contributed by atoms with E-state index in [-0.39, 0.29) is 6.04 Å². The average Bonchev–Trinajstić information content (AvgIpc) is 2.60. The molecular formula is C20H24ClNO2. The van der Waals surface area contributed by atoms with Crippen LogP contribution in [0.5, 0.6) is 0 Å². The highest BCUT2D eigenvalue weighted by molar-refractivity contribution is 6.18. The van der Waals surface area contributed by atoms with E-state index < -0.39 is 6.09 Å². The molecule has 0 radical (unpaired) electrons. The van der Waals surface area contributed by atoms with Gasteiger partial charge in [0.25, 0.3) is 0 Å². The van der Waals surface area contributed by atoms with Crippen molar-refractivity contribution in [3.8, 4) is 11.1 Å². The van der Waals surface area contributed by atoms with E-state index in [4.69, 9.17) is 16.3 Å². The molecule has 0 aliphatic rings. The van der Waals surface area contributed by atoms with Crippen LogP contribution < -0.4 is 5.32 Å². The predicted octanol–water partition coefficient (Wildman–Crippen LogP) is 4.89. The first-order valence-corrected chi connectivity index (χ1v) is 8.75. The number of amides is 1. The van der Waals surface area contributed by atoms with Gasteiger partial charge < -0.3 is 10.1 Å². The largest absolute Gasteiger partial charge is 0.449 e. The van der Waals surface area contributed by atoms with Gasteiger partial charge in [0.2, 0.25) is 0 Å². The van der Waals surface area contributed by atoms with Gasteiger partial charge in [-0.15, -0.1) is 11.6 Å². The minimum absolute atomic E-state index is 0.145. The van der Waals surface area contributed by atoms with Crippen LogP contribution in [0, 0.1) is 5.92 Å². The molecule has 1 amide bonds. The Morgan fingerprint density at radius 1 is 1.04 bits per heavy atom. The maximum Gasteiger partial charge on any atom is 0.407 e. The number of halogens is 1. The fourth-order valence-electron chi connectivity index (χ4n) is 2.34. The normalized spacial score (nSPS) is 12.0. The zero-order valence-electron chi connectivity index (χ0n) is 14.2. The van der Waals surface area contributed by atoms with E-state index in [2.05, 4.69) is 41.7 Å². The summed E-state index contributed by atoms with van der Waals surface area (Å²) >= 11 is 5.98. The average molecular weight is 346 g/mol. The van der Waals surface area contributed by atoms with Crippen molar-refractivity contribution >= 4 is 17.7 Å². The van der Waals surface area contributed by atoms with Crippen molar-refractivity contribution in [2.45, 2.75) is 26.3 Å². The van der Waals surface area contributed by atoms with E-state index in [1.54, 1.807) is 0 Å². The topological polar surface area (TPSA) is 38.3 Å². The van der Waals surface area contributed by atoms with Gasteiger partial charge in [-0.1, -0.05) is 68.4 Å². The van der Waals surface area contributed by atoms with Gasteiger partial charge >= 0.3 is 6.09 Å². The third kappa shape index (κ3) is 5.89. The van der Waals surface area contributed by atoms with Crippen LogP contribution in [0.3, 0.4) is 0 Å². The van der Waals surface area contributed by atoms with E-state index in [9.17, 15) is 4.79 Å². The Morgan fingerprint density at radius 3 is 2.25 bits per heavy atom. The lowest BCUT2D eigenvalue weighted by Gasteiger charge is -2.17. The van der Waals surface area contributed by atoms with E-state index in [1.165, 1.54) is 11.1 Å². The number of benzene rings is 2. The maximum absolute atomic E-state index is 11.8. The van der Waals surface area contributed by atoms with Crippen LogP contribution in [0.1, 0.15) is 19.4 Å². The molecular weight excluding hydrogens is 322 g/mol. The fourth-order valence-corrected chi connectivity index (χ4v) is 2.53. The molecule has 0 aliphatic carbocycles. The molecule has 0 aliphatic heterocycles. The van der Waals surface area contributed by atoms with E-state index in [0.29, 0.717) is 24.8 Å². The molecule has 0 spiro atoms. The Hall–Kier alpha value is -2.00. The smallest absolute Gasteiger partial charge is 0.407 e. The summed E-state index contributed by atoms with van der Waals surface area (Å²) in [5.41, 5.74) is 3.49. The lowest BCUT2D eigenvalue weighted by Crippen LogP contribution is -2.38. The Kier molecular flexibility index (Phi) is 7.13. The molecule has 2 aromatic rings. The van der Waals surface area contributed by atoms with E-state index >= 15 is 0 Å². The lowest BCUT2D eigenvalue weighted by atomic mass is 10.0. The predicted molar refractivity (Wildman–Crippen MR) is 99.4 cm³/mol. The third-order valence-electron chi connectivity index (χ3n) is 3.60. The van der Waals surface area contributed by atoms with E-state index in [0.717, 1.165) is 5.56 Å². The Labute approximate surface area is 149 Å². The van der Waals surface area contributed by atoms with E-state index in [1.807, 2.05) is 32.0 Å². The Morgan fingerprint density at radius 2 is 1.67 bits per heavy atom. The number of hydrogen-bond acceptors (Lipinski definition) is 2. The van der Waals surface area contributed by atoms with Gasteiger partial charge in [-0.2, -0.15) is 0 Å². The number of alkyl halides is 1. The SMILES string of the molecule is CC(C)COC(=O)N[C@@H](CCl)Cc1ccc(-c2ccccc2)cc1. The molecule has 0 heterocycles. The summed E-state index contributed by atoms with van der Waals surface area (Å²) in [4.78, 5) is 11.8. The Balaban J connectivity index is 1.92. The van der Waals surface area contributed by atoms with Crippen LogP contribution in [0.25, 0.3) is 11.1 Å². The maximum atomic E-state index is 11.8. The van der Waals surface area contributed by atoms with Crippen molar-refractivity contribution in [3.05, 3.63) is 60.2 Å². The molecule has 0 fully saturated rings. The first kappa shape index (κ1) is 18.3. The highest BCUT2D eigenvalue weighted by atomic mass is 35.5. The molecule has 0 unspecified atom stereocenters. The summed E-state index contributed by atoms with van der Waals surface area (Å²) < 4.78 is 5.14. The van der Waals surface area contributed by atoms with Gasteiger partial charge in [-0.05, 0) is 29.0 Å². The molecule has 1 atom stereocenters. The van der Waals surface area contributed by atoms with Crippen LogP contribution in [-0.4, -0.2) is 24.6 Å². The van der Waals surface area contributed by atoms with Crippen molar-refractivity contribution in [2.75, 3.05) is 12.5 Å². The molecule has 2 rings (SSSR count). The number of alkyl carbamates (subject to hydrolysis) is 1. The molecule has 4 heteroatoms. The molecule has 128 valence electrons. The molecule has 1 N–H and O–H groups in total. The number of rotatable bonds is 7. The van der Waals surface area contributed by atoms with Gasteiger partial charge in [0.1, 0.15) is 0 Å². The van der Waals surface area contributed by atoms with Crippen molar-refractivity contribution < 1.29 is 9.53 Å². The number of hydrogen-bond donors (Lipinski definition) is 1. The molecule has 0 saturated carbocycles. The molecule has 24 heavy (non-hydrogen) atoms. The van der Waals surface area contributed by atoms with Crippen molar-refractivity contribution in [3.63, 3.8) is 0 Å². The number of carbonyl (C=O) groups excluding carboxylic acids is 1. The van der Waals surface area contributed by atoms with Gasteiger partial charge in [0, 0.05) is 11.9 Å². The number of carbonyl (C=O) groups is 1. The third-order valence-corrected chi connectivity index (χ3v) is 3.97. The zero-order valence-corrected chi connectivity index (χ0v) is 14.9. The summed E-state index contributed by atoms with van der Waals surface area (Å²) in [6, 6.07) is 18.4. The summed E-state index contributed by atoms with van der Waals surface area (Å²) in [7, 11) is 0. The summed E-state index contributed by atoms with van der Waals surface area (Å²) in [6.07, 6.45) is 0.269. The molecule has 0 bridgehead atoms. The van der Waals surface area contributed by atoms with Crippen molar-refractivity contribution in [1.29, 1.82) is 0 Å². The molecule has 0 aromatic heterocycles. The monoisotopic (exact) mass is 345 g/mol. The minimum Gasteiger partial charge on any atom is -0.449 e. The standard InChI is InChI=1S/C20H24ClNO2/c1-15(2)14-24-20(23)22-19(13-21)12-16-8-10-18(11-9-16)17-6-4-3-5-7-17/h3-11,15,19H,12-14H2,1-2H3,(H,22,23)/t19-/m1/s1.